The van der Waals surface area contributed by atoms with Gasteiger partial charge in [0.25, 0.3) is 11.8 Å². The van der Waals surface area contributed by atoms with Crippen molar-refractivity contribution in [3.8, 4) is 0 Å². The highest BCUT2D eigenvalue weighted by molar-refractivity contribution is 7.98. The molecule has 2 aromatic rings. The summed E-state index contributed by atoms with van der Waals surface area (Å²) >= 11 is 1.60. The molecule has 250 valence electrons. The molecule has 0 heterocycles. The monoisotopic (exact) mass is 648 g/mol. The molecule has 11 heteroatoms. The number of nitrogens with zero attached hydrogens (tertiary/aromatic N) is 1. The highest BCUT2D eigenvalue weighted by Gasteiger charge is 2.26. The van der Waals surface area contributed by atoms with Crippen LogP contribution in [0.1, 0.15) is 78.8 Å². The van der Waals surface area contributed by atoms with Gasteiger partial charge in [-0.25, -0.2) is 8.78 Å². The normalized spacial score (nSPS) is 13.3. The molecule has 0 spiro atoms. The third kappa shape index (κ3) is 13.1. The molecular weight excluding hydrogens is 598 g/mol. The van der Waals surface area contributed by atoms with Gasteiger partial charge in [-0.2, -0.15) is 11.8 Å². The Morgan fingerprint density at radius 3 is 2.13 bits per heavy atom. The molecule has 0 aliphatic heterocycles. The Morgan fingerprint density at radius 2 is 1.56 bits per heavy atom. The lowest BCUT2D eigenvalue weighted by Gasteiger charge is -2.27. The lowest BCUT2D eigenvalue weighted by Crippen LogP contribution is -2.53. The molecule has 8 nitrogen and oxygen atoms in total. The molecule has 0 saturated heterocycles. The van der Waals surface area contributed by atoms with Crippen LogP contribution in [-0.2, 0) is 11.2 Å². The molecule has 0 fully saturated rings. The number of aliphatic hydroxyl groups excluding tert-OH is 1. The topological polar surface area (TPSA) is 111 Å². The summed E-state index contributed by atoms with van der Waals surface area (Å²) in [4.78, 5) is 41.5. The van der Waals surface area contributed by atoms with E-state index in [1.807, 2.05) is 34.0 Å². The van der Waals surface area contributed by atoms with E-state index in [-0.39, 0.29) is 41.8 Å². The van der Waals surface area contributed by atoms with Crippen LogP contribution in [0.25, 0.3) is 0 Å². The maximum absolute atomic E-state index is 14.1. The Labute approximate surface area is 271 Å². The Balaban J connectivity index is 2.32. The number of thioether (sulfide) groups is 1. The number of aryl methyl sites for hydroxylation is 1. The maximum atomic E-state index is 14.1. The highest BCUT2D eigenvalue weighted by Crippen LogP contribution is 2.16. The van der Waals surface area contributed by atoms with Gasteiger partial charge in [-0.05, 0) is 92.0 Å². The van der Waals surface area contributed by atoms with Gasteiger partial charge in [-0.3, -0.25) is 14.4 Å². The van der Waals surface area contributed by atoms with Gasteiger partial charge in [-0.15, -0.1) is 0 Å². The first kappa shape index (κ1) is 38.2. The number of hydrogen-bond acceptors (Lipinski definition) is 6. The average molecular weight is 649 g/mol. The second kappa shape index (κ2) is 19.5. The van der Waals surface area contributed by atoms with Gasteiger partial charge in [0, 0.05) is 43.4 Å². The number of rotatable bonds is 19. The molecule has 3 amide bonds. The van der Waals surface area contributed by atoms with E-state index < -0.39 is 35.7 Å². The van der Waals surface area contributed by atoms with Crippen LogP contribution in [0.15, 0.2) is 36.4 Å². The molecule has 4 N–H and O–H groups in total. The van der Waals surface area contributed by atoms with Crippen LogP contribution >= 0.6 is 11.8 Å². The van der Waals surface area contributed by atoms with Crippen molar-refractivity contribution >= 4 is 29.5 Å². The summed E-state index contributed by atoms with van der Waals surface area (Å²) in [7, 11) is 0. The number of aliphatic hydroxyl groups is 1. The number of carbonyl (C=O) groups is 3. The molecule has 0 unspecified atom stereocenters. The van der Waals surface area contributed by atoms with Crippen LogP contribution in [0.5, 0.6) is 0 Å². The Hall–Kier alpha value is -3.02. The van der Waals surface area contributed by atoms with E-state index in [0.29, 0.717) is 42.9 Å². The minimum Gasteiger partial charge on any atom is -0.390 e. The Bertz CT molecular complexity index is 1240. The molecule has 45 heavy (non-hydrogen) atoms. The zero-order valence-electron chi connectivity index (χ0n) is 27.4. The molecule has 0 aliphatic carbocycles. The van der Waals surface area contributed by atoms with Crippen molar-refractivity contribution in [1.29, 1.82) is 0 Å². The summed E-state index contributed by atoms with van der Waals surface area (Å²) in [6.45, 7) is 11.4. The van der Waals surface area contributed by atoms with E-state index in [0.717, 1.165) is 31.0 Å². The molecular formula is C34H50F2N4O4S. The first-order valence-electron chi connectivity index (χ1n) is 15.7. The molecule has 0 bridgehead atoms. The van der Waals surface area contributed by atoms with Gasteiger partial charge < -0.3 is 26.0 Å². The van der Waals surface area contributed by atoms with Crippen LogP contribution in [0.2, 0.25) is 0 Å². The van der Waals surface area contributed by atoms with Crippen molar-refractivity contribution in [2.75, 3.05) is 38.2 Å². The van der Waals surface area contributed by atoms with Gasteiger partial charge in [0.2, 0.25) is 5.91 Å². The summed E-state index contributed by atoms with van der Waals surface area (Å²) in [6, 6.07) is 6.44. The maximum Gasteiger partial charge on any atom is 0.253 e. The van der Waals surface area contributed by atoms with Gasteiger partial charge in [0.15, 0.2) is 0 Å². The van der Waals surface area contributed by atoms with E-state index in [1.165, 1.54) is 6.07 Å². The summed E-state index contributed by atoms with van der Waals surface area (Å²) in [5.41, 5.74) is 1.58. The predicted octanol–water partition coefficient (Wildman–Crippen LogP) is 4.72. The standard InChI is InChI=1S/C34H50F2N4O4S/c1-7-10-40(11-8-2)34(44)26-14-23(5)13-25(18-26)32(42)39-30(17-24-15-27(35)19-28(36)16-24)31(41)21-37-29(9-12-45-6)33(43)38-20-22(3)4/h13-16,18-19,22,29-31,37,41H,7-12,17,20-21H2,1-6H3,(H,38,43)(H,39,42)/t29-,30+,31-/m0/s1. The molecule has 0 radical (unpaired) electrons. The fraction of sp³-hybridized carbons (Fsp3) is 0.559. The molecule has 0 aromatic heterocycles. The fourth-order valence-electron chi connectivity index (χ4n) is 4.99. The van der Waals surface area contributed by atoms with E-state index in [9.17, 15) is 28.3 Å². The van der Waals surface area contributed by atoms with Crippen LogP contribution in [0.4, 0.5) is 8.78 Å². The largest absolute Gasteiger partial charge is 0.390 e. The molecule has 0 aliphatic rings. The van der Waals surface area contributed by atoms with Crippen molar-refractivity contribution in [2.45, 2.75) is 78.5 Å². The third-order valence-corrected chi connectivity index (χ3v) is 7.85. The molecule has 0 saturated carbocycles. The number of carbonyl (C=O) groups excluding carboxylic acids is 3. The number of amides is 3. The smallest absolute Gasteiger partial charge is 0.253 e. The zero-order valence-corrected chi connectivity index (χ0v) is 28.2. The highest BCUT2D eigenvalue weighted by atomic mass is 32.2. The summed E-state index contributed by atoms with van der Waals surface area (Å²) in [6.07, 6.45) is 2.78. The first-order valence-corrected chi connectivity index (χ1v) is 17.1. The minimum absolute atomic E-state index is 0.0581. The van der Waals surface area contributed by atoms with Crippen molar-refractivity contribution < 1.29 is 28.3 Å². The number of halogens is 2. The average Bonchev–Trinajstić information content (AvgIpc) is 2.98. The first-order chi connectivity index (χ1) is 21.4. The zero-order chi connectivity index (χ0) is 33.5. The lowest BCUT2D eigenvalue weighted by atomic mass is 9.99. The van der Waals surface area contributed by atoms with Crippen molar-refractivity contribution in [3.05, 3.63) is 70.3 Å². The predicted molar refractivity (Wildman–Crippen MR) is 178 cm³/mol. The summed E-state index contributed by atoms with van der Waals surface area (Å²) in [5.74, 6) is -1.45. The van der Waals surface area contributed by atoms with Gasteiger partial charge in [0.05, 0.1) is 18.2 Å². The Morgan fingerprint density at radius 1 is 0.933 bits per heavy atom. The second-order valence-corrected chi connectivity index (χ2v) is 12.9. The number of hydrogen-bond donors (Lipinski definition) is 4. The molecule has 3 atom stereocenters. The van der Waals surface area contributed by atoms with E-state index in [1.54, 1.807) is 35.7 Å². The van der Waals surface area contributed by atoms with Crippen molar-refractivity contribution in [1.82, 2.24) is 20.9 Å². The van der Waals surface area contributed by atoms with Crippen molar-refractivity contribution in [2.24, 2.45) is 5.92 Å². The molecule has 2 aromatic carbocycles. The van der Waals surface area contributed by atoms with Gasteiger partial charge in [0.1, 0.15) is 11.6 Å². The molecule has 2 rings (SSSR count). The third-order valence-electron chi connectivity index (χ3n) is 7.20. The quantitative estimate of drug-likeness (QED) is 0.176. The fourth-order valence-corrected chi connectivity index (χ4v) is 5.46. The van der Waals surface area contributed by atoms with Crippen molar-refractivity contribution in [3.63, 3.8) is 0 Å². The van der Waals surface area contributed by atoms with Crippen LogP contribution in [-0.4, -0.2) is 84.1 Å². The summed E-state index contributed by atoms with van der Waals surface area (Å²) in [5, 5.41) is 20.2. The van der Waals surface area contributed by atoms with Crippen LogP contribution < -0.4 is 16.0 Å². The number of benzene rings is 2. The van der Waals surface area contributed by atoms with Crippen LogP contribution in [0, 0.1) is 24.5 Å². The van der Waals surface area contributed by atoms with E-state index in [2.05, 4.69) is 16.0 Å². The van der Waals surface area contributed by atoms with E-state index >= 15 is 0 Å². The lowest BCUT2D eigenvalue weighted by molar-refractivity contribution is -0.123. The van der Waals surface area contributed by atoms with Crippen LogP contribution in [0.3, 0.4) is 0 Å². The second-order valence-electron chi connectivity index (χ2n) is 11.9. The Kier molecular flexibility index (Phi) is 16.5. The van der Waals surface area contributed by atoms with Gasteiger partial charge >= 0.3 is 0 Å². The SMILES string of the molecule is CCCN(CCC)C(=O)c1cc(C)cc(C(=O)N[C@H](Cc2cc(F)cc(F)c2)[C@@H](O)CN[C@@H](CCSC)C(=O)NCC(C)C)c1. The van der Waals surface area contributed by atoms with E-state index in [4.69, 9.17) is 0 Å². The van der Waals surface area contributed by atoms with Gasteiger partial charge in [-0.1, -0.05) is 27.7 Å². The summed E-state index contributed by atoms with van der Waals surface area (Å²) < 4.78 is 28.1. The number of nitrogens with one attached hydrogen (secondary N) is 3. The minimum atomic E-state index is -1.22.